The van der Waals surface area contributed by atoms with Gasteiger partial charge in [0, 0.05) is 6.42 Å². The van der Waals surface area contributed by atoms with E-state index in [1.165, 1.54) is 5.57 Å². The van der Waals surface area contributed by atoms with Gasteiger partial charge in [0.1, 0.15) is 12.6 Å². The second kappa shape index (κ2) is 14.1. The van der Waals surface area contributed by atoms with Crippen LogP contribution in [0, 0.1) is 5.92 Å². The molecule has 1 N–H and O–H groups in total. The molecule has 5 heteroatoms. The van der Waals surface area contributed by atoms with Gasteiger partial charge in [0.05, 0.1) is 6.61 Å². The summed E-state index contributed by atoms with van der Waals surface area (Å²) in [4.78, 5) is 25.1. The van der Waals surface area contributed by atoms with Crippen LogP contribution in [-0.4, -0.2) is 24.7 Å². The van der Waals surface area contributed by atoms with E-state index >= 15 is 0 Å². The maximum atomic E-state index is 12.7. The largest absolute Gasteiger partial charge is 0.464 e. The Hall–Kier alpha value is -3.08. The Morgan fingerprint density at radius 1 is 0.906 bits per heavy atom. The molecule has 2 aromatic rings. The molecular weight excluding hydrogens is 402 g/mol. The molecule has 1 amide bonds. The molecule has 0 aliphatic heterocycles. The molecule has 0 aliphatic rings. The number of rotatable bonds is 12. The third-order valence-corrected chi connectivity index (χ3v) is 5.14. The normalized spacial score (nSPS) is 12.3. The van der Waals surface area contributed by atoms with Gasteiger partial charge in [-0.05, 0) is 50.2 Å². The van der Waals surface area contributed by atoms with Crippen molar-refractivity contribution in [2.45, 2.75) is 59.1 Å². The van der Waals surface area contributed by atoms with E-state index in [9.17, 15) is 9.59 Å². The molecule has 2 aromatic carbocycles. The van der Waals surface area contributed by atoms with Gasteiger partial charge in [-0.3, -0.25) is 0 Å². The van der Waals surface area contributed by atoms with Crippen LogP contribution in [0.2, 0.25) is 0 Å². The van der Waals surface area contributed by atoms with Crippen molar-refractivity contribution in [2.75, 3.05) is 6.61 Å². The van der Waals surface area contributed by atoms with Crippen LogP contribution >= 0.6 is 0 Å². The molecule has 0 fully saturated rings. The molecule has 0 unspecified atom stereocenters. The smallest absolute Gasteiger partial charge is 0.408 e. The molecule has 0 saturated carbocycles. The van der Waals surface area contributed by atoms with Crippen LogP contribution in [0.15, 0.2) is 72.3 Å². The average Bonchev–Trinajstić information content (AvgIpc) is 2.78. The highest BCUT2D eigenvalue weighted by atomic mass is 16.6. The zero-order valence-electron chi connectivity index (χ0n) is 19.4. The highest BCUT2D eigenvalue weighted by molar-refractivity contribution is 5.81. The molecule has 0 aromatic heterocycles. The summed E-state index contributed by atoms with van der Waals surface area (Å²) in [5, 5.41) is 2.68. The predicted molar refractivity (Wildman–Crippen MR) is 127 cm³/mol. The highest BCUT2D eigenvalue weighted by Gasteiger charge is 2.23. The fourth-order valence-electron chi connectivity index (χ4n) is 3.21. The number of carbonyl (C=O) groups excluding carboxylic acids is 2. The van der Waals surface area contributed by atoms with E-state index in [4.69, 9.17) is 9.47 Å². The van der Waals surface area contributed by atoms with Gasteiger partial charge in [-0.1, -0.05) is 79.2 Å². The van der Waals surface area contributed by atoms with Crippen molar-refractivity contribution in [3.05, 3.63) is 83.4 Å². The van der Waals surface area contributed by atoms with E-state index in [-0.39, 0.29) is 6.61 Å². The van der Waals surface area contributed by atoms with Crippen molar-refractivity contribution in [1.82, 2.24) is 5.32 Å². The van der Waals surface area contributed by atoms with Gasteiger partial charge < -0.3 is 14.8 Å². The van der Waals surface area contributed by atoms with Crippen LogP contribution in [0.5, 0.6) is 0 Å². The lowest BCUT2D eigenvalue weighted by Crippen LogP contribution is -2.43. The monoisotopic (exact) mass is 437 g/mol. The summed E-state index contributed by atoms with van der Waals surface area (Å²) in [5.74, 6) is 0.0109. The quantitative estimate of drug-likeness (QED) is 0.335. The van der Waals surface area contributed by atoms with E-state index in [1.807, 2.05) is 60.7 Å². The summed E-state index contributed by atoms with van der Waals surface area (Å²) in [7, 11) is 0. The van der Waals surface area contributed by atoms with Crippen LogP contribution in [-0.2, 0) is 27.3 Å². The number of allylic oxidation sites excluding steroid dienone is 2. The van der Waals surface area contributed by atoms with Gasteiger partial charge in [0.15, 0.2) is 0 Å². The van der Waals surface area contributed by atoms with Crippen molar-refractivity contribution in [2.24, 2.45) is 5.92 Å². The fraction of sp³-hybridized carbons (Fsp3) is 0.407. The van der Waals surface area contributed by atoms with Crippen molar-refractivity contribution < 1.29 is 19.1 Å². The van der Waals surface area contributed by atoms with Gasteiger partial charge in [-0.2, -0.15) is 0 Å². The molecule has 0 radical (unpaired) electrons. The third-order valence-electron chi connectivity index (χ3n) is 5.14. The van der Waals surface area contributed by atoms with Gasteiger partial charge >= 0.3 is 12.1 Å². The Morgan fingerprint density at radius 2 is 1.53 bits per heavy atom. The molecule has 2 atom stereocenters. The maximum Gasteiger partial charge on any atom is 0.408 e. The Balaban J connectivity index is 1.87. The van der Waals surface area contributed by atoms with Crippen LogP contribution in [0.4, 0.5) is 4.79 Å². The van der Waals surface area contributed by atoms with Gasteiger partial charge in [0.25, 0.3) is 0 Å². The number of nitrogens with one attached hydrogen (secondary N) is 1. The van der Waals surface area contributed by atoms with E-state index in [0.29, 0.717) is 18.9 Å². The molecule has 0 saturated heterocycles. The van der Waals surface area contributed by atoms with E-state index < -0.39 is 18.1 Å². The molecule has 172 valence electrons. The Bertz CT molecular complexity index is 844. The number of hydrogen-bond acceptors (Lipinski definition) is 4. The summed E-state index contributed by atoms with van der Waals surface area (Å²) < 4.78 is 10.8. The molecule has 0 aliphatic carbocycles. The second-order valence-corrected chi connectivity index (χ2v) is 8.37. The summed E-state index contributed by atoms with van der Waals surface area (Å²) >= 11 is 0. The fourth-order valence-corrected chi connectivity index (χ4v) is 3.21. The number of carbonyl (C=O) groups is 2. The maximum absolute atomic E-state index is 12.7. The minimum atomic E-state index is -0.804. The molecule has 0 heterocycles. The first-order valence-electron chi connectivity index (χ1n) is 11.2. The number of amides is 1. The third kappa shape index (κ3) is 10.3. The summed E-state index contributed by atoms with van der Waals surface area (Å²) in [5.41, 5.74) is 3.14. The van der Waals surface area contributed by atoms with Crippen LogP contribution < -0.4 is 5.32 Å². The highest BCUT2D eigenvalue weighted by Crippen LogP contribution is 2.13. The lowest BCUT2D eigenvalue weighted by atomic mass is 10.0. The number of alkyl carbamates (subject to hydrolysis) is 1. The lowest BCUT2D eigenvalue weighted by Gasteiger charge is -2.18. The van der Waals surface area contributed by atoms with E-state index in [2.05, 4.69) is 32.2 Å². The van der Waals surface area contributed by atoms with Crippen LogP contribution in [0.1, 0.15) is 51.2 Å². The molecule has 0 spiro atoms. The molecule has 5 nitrogen and oxygen atoms in total. The first-order valence-corrected chi connectivity index (χ1v) is 11.2. The average molecular weight is 438 g/mol. The van der Waals surface area contributed by atoms with Crippen LogP contribution in [0.3, 0.4) is 0 Å². The molecule has 2 rings (SSSR count). The second-order valence-electron chi connectivity index (χ2n) is 8.37. The number of hydrogen-bond donors (Lipinski definition) is 1. The van der Waals surface area contributed by atoms with E-state index in [0.717, 1.165) is 30.4 Å². The van der Waals surface area contributed by atoms with Gasteiger partial charge in [-0.25, -0.2) is 9.59 Å². The van der Waals surface area contributed by atoms with Crippen molar-refractivity contribution in [3.63, 3.8) is 0 Å². The van der Waals surface area contributed by atoms with Gasteiger partial charge in [-0.15, -0.1) is 0 Å². The first kappa shape index (κ1) is 25.2. The Kier molecular flexibility index (Phi) is 11.1. The van der Waals surface area contributed by atoms with Crippen molar-refractivity contribution in [1.29, 1.82) is 0 Å². The topological polar surface area (TPSA) is 64.6 Å². The SMILES string of the molecule is CC(C)=CCC[C@H](C)CCOC(=O)[C@H](Cc1ccccc1)NC(=O)OCc1ccccc1. The van der Waals surface area contributed by atoms with Crippen molar-refractivity contribution >= 4 is 12.1 Å². The standard InChI is InChI=1S/C27H35NO4/c1-21(2)11-10-12-22(3)17-18-31-26(29)25(19-23-13-6-4-7-14-23)28-27(30)32-20-24-15-8-5-9-16-24/h4-9,11,13-16,22,25H,10,12,17-20H2,1-3H3,(H,28,30)/t22-,25-/m0/s1. The number of benzene rings is 2. The molecule has 32 heavy (non-hydrogen) atoms. The number of ether oxygens (including phenoxy) is 2. The minimum Gasteiger partial charge on any atom is -0.464 e. The summed E-state index contributed by atoms with van der Waals surface area (Å²) in [6, 6.07) is 18.2. The van der Waals surface area contributed by atoms with Gasteiger partial charge in [0.2, 0.25) is 0 Å². The Morgan fingerprint density at radius 3 is 2.16 bits per heavy atom. The molecular formula is C27H35NO4. The summed E-state index contributed by atoms with van der Waals surface area (Å²) in [6.45, 7) is 6.82. The first-order chi connectivity index (χ1) is 15.4. The number of esters is 1. The van der Waals surface area contributed by atoms with E-state index in [1.54, 1.807) is 0 Å². The van der Waals surface area contributed by atoms with Crippen molar-refractivity contribution in [3.8, 4) is 0 Å². The molecule has 0 bridgehead atoms. The zero-order chi connectivity index (χ0) is 23.2. The van der Waals surface area contributed by atoms with Crippen LogP contribution in [0.25, 0.3) is 0 Å². The summed E-state index contributed by atoms with van der Waals surface area (Å²) in [6.07, 6.45) is 4.81. The zero-order valence-corrected chi connectivity index (χ0v) is 19.4. The lowest BCUT2D eigenvalue weighted by molar-refractivity contribution is -0.146. The predicted octanol–water partition coefficient (Wildman–Crippen LogP) is 5.84. The Labute approximate surface area is 191 Å². The minimum absolute atomic E-state index is 0.142.